The minimum absolute atomic E-state index is 0.00779. The van der Waals surface area contributed by atoms with E-state index in [9.17, 15) is 9.59 Å². The number of carbonyl (C=O) groups excluding carboxylic acids is 1. The van der Waals surface area contributed by atoms with E-state index in [-0.39, 0.29) is 19.6 Å². The van der Waals surface area contributed by atoms with Gasteiger partial charge < -0.3 is 9.84 Å². The van der Waals surface area contributed by atoms with Crippen LogP contribution in [0.4, 0.5) is 4.79 Å². The van der Waals surface area contributed by atoms with Gasteiger partial charge in [0.15, 0.2) is 0 Å². The van der Waals surface area contributed by atoms with Crippen molar-refractivity contribution in [1.29, 1.82) is 0 Å². The second-order valence-electron chi connectivity index (χ2n) is 3.47. The lowest BCUT2D eigenvalue weighted by atomic mass is 10.2. The second kappa shape index (κ2) is 5.76. The molecule has 1 saturated heterocycles. The van der Waals surface area contributed by atoms with Gasteiger partial charge in [-0.25, -0.2) is 9.59 Å². The van der Waals surface area contributed by atoms with E-state index in [1.807, 2.05) is 0 Å². The molecule has 17 heavy (non-hydrogen) atoms. The summed E-state index contributed by atoms with van der Waals surface area (Å²) in [5.41, 5.74) is 8.28. The molecule has 0 radical (unpaired) electrons. The molecule has 0 aromatic carbocycles. The lowest BCUT2D eigenvalue weighted by Gasteiger charge is -2.20. The van der Waals surface area contributed by atoms with Gasteiger partial charge in [-0.3, -0.25) is 4.90 Å². The van der Waals surface area contributed by atoms with Crippen LogP contribution >= 0.6 is 0 Å². The molecular formula is C9H12N4O4. The first-order chi connectivity index (χ1) is 8.10. The van der Waals surface area contributed by atoms with E-state index >= 15 is 0 Å². The fraction of sp³-hybridized carbons (Fsp3) is 0.556. The third-order valence-electron chi connectivity index (χ3n) is 2.34. The van der Waals surface area contributed by atoms with E-state index in [1.165, 1.54) is 6.08 Å². The monoisotopic (exact) mass is 240 g/mol. The first-order valence-corrected chi connectivity index (χ1v) is 4.91. The predicted octanol–water partition coefficient (Wildman–Crippen LogP) is 1.15. The van der Waals surface area contributed by atoms with Crippen molar-refractivity contribution in [2.24, 2.45) is 5.11 Å². The van der Waals surface area contributed by atoms with Crippen LogP contribution < -0.4 is 0 Å². The Kier molecular flexibility index (Phi) is 4.36. The number of amides is 1. The van der Waals surface area contributed by atoms with Crippen molar-refractivity contribution in [3.63, 3.8) is 0 Å². The summed E-state index contributed by atoms with van der Waals surface area (Å²) in [7, 11) is 0. The highest BCUT2D eigenvalue weighted by molar-refractivity contribution is 5.81. The molecule has 0 aromatic rings. The number of aliphatic carboxylic acids is 1. The van der Waals surface area contributed by atoms with E-state index in [0.717, 1.165) is 4.90 Å². The number of azide groups is 1. The summed E-state index contributed by atoms with van der Waals surface area (Å²) < 4.78 is 4.75. The molecule has 0 aromatic heterocycles. The third kappa shape index (κ3) is 3.12. The minimum atomic E-state index is -1.14. The Bertz CT molecular complexity index is 377. The lowest BCUT2D eigenvalue weighted by Crippen LogP contribution is -2.40. The van der Waals surface area contributed by atoms with Crippen molar-refractivity contribution in [3.05, 3.63) is 23.1 Å². The summed E-state index contributed by atoms with van der Waals surface area (Å²) in [5.74, 6) is -1.14. The van der Waals surface area contributed by atoms with E-state index in [2.05, 4.69) is 16.6 Å². The number of carboxylic acid groups (broad SMARTS) is 1. The summed E-state index contributed by atoms with van der Waals surface area (Å²) in [6, 6.07) is -1.54. The van der Waals surface area contributed by atoms with Crippen molar-refractivity contribution in [2.75, 3.05) is 13.2 Å². The van der Waals surface area contributed by atoms with E-state index in [1.54, 1.807) is 0 Å². The molecular weight excluding hydrogens is 228 g/mol. The molecule has 0 spiro atoms. The maximum absolute atomic E-state index is 11.5. The average Bonchev–Trinajstić information content (AvgIpc) is 2.70. The van der Waals surface area contributed by atoms with E-state index in [0.29, 0.717) is 0 Å². The quantitative estimate of drug-likeness (QED) is 0.343. The number of ether oxygens (including phenoxy) is 1. The predicted molar refractivity (Wildman–Crippen MR) is 57.2 cm³/mol. The molecule has 8 nitrogen and oxygen atoms in total. The molecule has 0 bridgehead atoms. The number of carboxylic acids is 1. The Morgan fingerprint density at radius 1 is 1.71 bits per heavy atom. The van der Waals surface area contributed by atoms with Gasteiger partial charge in [0.2, 0.25) is 0 Å². The van der Waals surface area contributed by atoms with Crippen molar-refractivity contribution in [2.45, 2.75) is 18.5 Å². The van der Waals surface area contributed by atoms with Crippen LogP contribution in [0.2, 0.25) is 0 Å². The Labute approximate surface area is 97.1 Å². The van der Waals surface area contributed by atoms with Gasteiger partial charge in [-0.05, 0) is 12.0 Å². The molecule has 1 amide bonds. The summed E-state index contributed by atoms with van der Waals surface area (Å²) in [6.45, 7) is 3.44. The van der Waals surface area contributed by atoms with Gasteiger partial charge in [-0.2, -0.15) is 0 Å². The SMILES string of the molecule is C=CCOC(=O)N1C[C@@H](N=[N+]=[N-])C[C@@H]1C(=O)O. The van der Waals surface area contributed by atoms with Gasteiger partial charge in [-0.15, -0.1) is 0 Å². The molecule has 0 aliphatic carbocycles. The topological polar surface area (TPSA) is 116 Å². The molecule has 1 fully saturated rings. The van der Waals surface area contributed by atoms with Crippen LogP contribution in [0, 0.1) is 0 Å². The molecule has 0 saturated carbocycles. The van der Waals surface area contributed by atoms with Crippen LogP contribution in [0.25, 0.3) is 10.4 Å². The normalized spacial score (nSPS) is 22.7. The van der Waals surface area contributed by atoms with Gasteiger partial charge in [0.25, 0.3) is 0 Å². The molecule has 1 aliphatic rings. The zero-order valence-electron chi connectivity index (χ0n) is 9.02. The van der Waals surface area contributed by atoms with Gasteiger partial charge in [0, 0.05) is 11.5 Å². The Morgan fingerprint density at radius 2 is 2.41 bits per heavy atom. The Hall–Kier alpha value is -2.21. The molecule has 1 aliphatic heterocycles. The number of hydrogen-bond donors (Lipinski definition) is 1. The summed E-state index contributed by atoms with van der Waals surface area (Å²) in [5, 5.41) is 12.4. The van der Waals surface area contributed by atoms with Crippen molar-refractivity contribution >= 4 is 12.1 Å². The van der Waals surface area contributed by atoms with Crippen molar-refractivity contribution < 1.29 is 19.4 Å². The van der Waals surface area contributed by atoms with Crippen LogP contribution in [0.3, 0.4) is 0 Å². The molecule has 1 heterocycles. The maximum Gasteiger partial charge on any atom is 0.410 e. The average molecular weight is 240 g/mol. The molecule has 0 unspecified atom stereocenters. The number of carbonyl (C=O) groups is 2. The summed E-state index contributed by atoms with van der Waals surface area (Å²) >= 11 is 0. The smallest absolute Gasteiger partial charge is 0.410 e. The summed E-state index contributed by atoms with van der Waals surface area (Å²) in [4.78, 5) is 26.1. The van der Waals surface area contributed by atoms with E-state index in [4.69, 9.17) is 15.4 Å². The van der Waals surface area contributed by atoms with Crippen LogP contribution in [0.15, 0.2) is 17.8 Å². The fourth-order valence-electron chi connectivity index (χ4n) is 1.62. The van der Waals surface area contributed by atoms with Crippen LogP contribution in [0.5, 0.6) is 0 Å². The Balaban J connectivity index is 2.73. The third-order valence-corrected chi connectivity index (χ3v) is 2.34. The van der Waals surface area contributed by atoms with Crippen LogP contribution in [-0.4, -0.2) is 47.3 Å². The second-order valence-corrected chi connectivity index (χ2v) is 3.47. The zero-order chi connectivity index (χ0) is 12.8. The number of nitrogens with zero attached hydrogens (tertiary/aromatic N) is 4. The molecule has 1 rings (SSSR count). The fourth-order valence-corrected chi connectivity index (χ4v) is 1.62. The summed E-state index contributed by atoms with van der Waals surface area (Å²) in [6.07, 6.45) is 0.741. The highest BCUT2D eigenvalue weighted by Crippen LogP contribution is 2.21. The van der Waals surface area contributed by atoms with Crippen molar-refractivity contribution in [3.8, 4) is 0 Å². The Morgan fingerprint density at radius 3 is 2.94 bits per heavy atom. The molecule has 92 valence electrons. The van der Waals surface area contributed by atoms with Crippen LogP contribution in [0.1, 0.15) is 6.42 Å². The number of rotatable bonds is 4. The minimum Gasteiger partial charge on any atom is -0.480 e. The van der Waals surface area contributed by atoms with Gasteiger partial charge in [-0.1, -0.05) is 17.8 Å². The zero-order valence-corrected chi connectivity index (χ0v) is 9.02. The molecule has 1 N–H and O–H groups in total. The van der Waals surface area contributed by atoms with Gasteiger partial charge >= 0.3 is 12.1 Å². The number of likely N-dealkylation sites (tertiary alicyclic amines) is 1. The van der Waals surface area contributed by atoms with Gasteiger partial charge in [0.05, 0.1) is 6.04 Å². The standard InChI is InChI=1S/C9H12N4O4/c1-2-3-17-9(16)13-5-6(11-12-10)4-7(13)8(14)15/h2,6-7H,1,3-5H2,(H,14,15)/t6-,7+/m0/s1. The van der Waals surface area contributed by atoms with Crippen LogP contribution in [-0.2, 0) is 9.53 Å². The first-order valence-electron chi connectivity index (χ1n) is 4.91. The number of hydrogen-bond acceptors (Lipinski definition) is 4. The largest absolute Gasteiger partial charge is 0.480 e. The highest BCUT2D eigenvalue weighted by atomic mass is 16.6. The van der Waals surface area contributed by atoms with Gasteiger partial charge in [0.1, 0.15) is 12.6 Å². The van der Waals surface area contributed by atoms with E-state index < -0.39 is 24.1 Å². The molecule has 2 atom stereocenters. The maximum atomic E-state index is 11.5. The highest BCUT2D eigenvalue weighted by Gasteiger charge is 2.40. The lowest BCUT2D eigenvalue weighted by molar-refractivity contribution is -0.141. The first kappa shape index (κ1) is 12.9. The molecule has 8 heteroatoms. The van der Waals surface area contributed by atoms with Crippen molar-refractivity contribution in [1.82, 2.24) is 4.90 Å².